The third-order valence-electron chi connectivity index (χ3n) is 7.85. The van der Waals surface area contributed by atoms with E-state index in [-0.39, 0.29) is 47.6 Å². The van der Waals surface area contributed by atoms with Crippen molar-refractivity contribution in [1.29, 1.82) is 0 Å². The van der Waals surface area contributed by atoms with E-state index in [9.17, 15) is 32.3 Å². The second kappa shape index (κ2) is 16.3. The molecule has 0 aliphatic heterocycles. The molecule has 0 aliphatic carbocycles. The molecule has 0 fully saturated rings. The molecule has 4 rings (SSSR count). The predicted molar refractivity (Wildman–Crippen MR) is 206 cm³/mol. The lowest BCUT2D eigenvalue weighted by Gasteiger charge is -2.29. The standard InChI is InChI=1S/C41H51F3N4O9/c1-13-53-22-30-46-31-32(47(30)23-40(11,12)57-36(52)56-39(8,9)10)27-16-14-24(18-26-19-25(21-49)15-17-28(26)41(42,43)44)20-29(27)45-33(31)48(34(50)54-37(2,3)4)35(51)55-38(5,6)7/h14-17,19-21H,13,18,22-23H2,1-12H3. The molecule has 0 saturated heterocycles. The Kier molecular flexibility index (Phi) is 12.7. The number of nitrogens with zero attached hydrogens (tertiary/aromatic N) is 4. The van der Waals surface area contributed by atoms with Crippen LogP contribution in [0.3, 0.4) is 0 Å². The molecule has 2 aromatic heterocycles. The van der Waals surface area contributed by atoms with Gasteiger partial charge in [0, 0.05) is 17.6 Å². The molecule has 16 heteroatoms. The molecule has 0 saturated carbocycles. The van der Waals surface area contributed by atoms with Gasteiger partial charge in [-0.05, 0) is 119 Å². The number of aromatic nitrogens is 3. The number of rotatable bonds is 10. The third kappa shape index (κ3) is 11.6. The van der Waals surface area contributed by atoms with Crippen LogP contribution >= 0.6 is 0 Å². The summed E-state index contributed by atoms with van der Waals surface area (Å²) in [6.45, 7) is 20.1. The van der Waals surface area contributed by atoms with Gasteiger partial charge >= 0.3 is 24.5 Å². The highest BCUT2D eigenvalue weighted by Crippen LogP contribution is 2.37. The molecule has 2 aromatic carbocycles. The van der Waals surface area contributed by atoms with Gasteiger partial charge in [-0.3, -0.25) is 4.79 Å². The summed E-state index contributed by atoms with van der Waals surface area (Å²) in [5.74, 6) is 0.0145. The number of imidazole rings is 1. The highest BCUT2D eigenvalue weighted by molar-refractivity contribution is 6.17. The number of pyridine rings is 1. The highest BCUT2D eigenvalue weighted by atomic mass is 19.4. The van der Waals surface area contributed by atoms with E-state index in [0.29, 0.717) is 40.1 Å². The molecule has 2 heterocycles. The van der Waals surface area contributed by atoms with Gasteiger partial charge in [-0.1, -0.05) is 18.2 Å². The minimum atomic E-state index is -4.70. The van der Waals surface area contributed by atoms with Crippen molar-refractivity contribution in [2.45, 2.75) is 131 Å². The van der Waals surface area contributed by atoms with E-state index in [1.807, 2.05) is 0 Å². The number of carbonyl (C=O) groups is 4. The summed E-state index contributed by atoms with van der Waals surface area (Å²) in [5, 5.41) is 0.423. The molecule has 310 valence electrons. The van der Waals surface area contributed by atoms with E-state index in [1.54, 1.807) is 99.8 Å². The van der Waals surface area contributed by atoms with Crippen LogP contribution in [0.25, 0.3) is 21.9 Å². The molecule has 0 atom stereocenters. The van der Waals surface area contributed by atoms with Crippen molar-refractivity contribution in [2.75, 3.05) is 11.5 Å². The average Bonchev–Trinajstić information content (AvgIpc) is 3.37. The summed E-state index contributed by atoms with van der Waals surface area (Å²) in [6, 6.07) is 7.90. The van der Waals surface area contributed by atoms with Crippen LogP contribution < -0.4 is 4.90 Å². The maximum atomic E-state index is 14.1. The van der Waals surface area contributed by atoms with Gasteiger partial charge in [0.25, 0.3) is 0 Å². The van der Waals surface area contributed by atoms with Gasteiger partial charge in [0.2, 0.25) is 0 Å². The second-order valence-corrected chi connectivity index (χ2v) is 17.1. The number of ether oxygens (including phenoxy) is 5. The van der Waals surface area contributed by atoms with Crippen molar-refractivity contribution in [2.24, 2.45) is 0 Å². The molecule has 0 aliphatic rings. The number of fused-ring (bicyclic) bond motifs is 3. The Bertz CT molecular complexity index is 2130. The fraction of sp³-hybridized carbons (Fsp3) is 0.512. The molecule has 4 aromatic rings. The Labute approximate surface area is 329 Å². The van der Waals surface area contributed by atoms with Crippen molar-refractivity contribution in [3.8, 4) is 0 Å². The Morgan fingerprint density at radius 2 is 1.39 bits per heavy atom. The van der Waals surface area contributed by atoms with E-state index < -0.39 is 52.5 Å². The van der Waals surface area contributed by atoms with Crippen molar-refractivity contribution < 1.29 is 56.0 Å². The van der Waals surface area contributed by atoms with Gasteiger partial charge in [0.15, 0.2) is 5.82 Å². The Morgan fingerprint density at radius 3 is 1.91 bits per heavy atom. The Morgan fingerprint density at radius 1 is 0.789 bits per heavy atom. The predicted octanol–water partition coefficient (Wildman–Crippen LogP) is 9.95. The molecule has 0 spiro atoms. The van der Waals surface area contributed by atoms with Gasteiger partial charge in [0.05, 0.1) is 23.1 Å². The molecule has 57 heavy (non-hydrogen) atoms. The Balaban J connectivity index is 2.08. The smallest absolute Gasteiger partial charge is 0.443 e. The lowest BCUT2D eigenvalue weighted by molar-refractivity contribution is -0.138. The number of aldehydes is 1. The third-order valence-corrected chi connectivity index (χ3v) is 7.85. The second-order valence-electron chi connectivity index (χ2n) is 17.1. The van der Waals surface area contributed by atoms with Crippen LogP contribution in [-0.4, -0.2) is 68.2 Å². The molecule has 13 nitrogen and oxygen atoms in total. The Hall–Kier alpha value is -5.25. The number of halogens is 3. The first-order valence-corrected chi connectivity index (χ1v) is 18.3. The van der Waals surface area contributed by atoms with Crippen LogP contribution in [0.5, 0.6) is 0 Å². The van der Waals surface area contributed by atoms with Crippen LogP contribution in [0.15, 0.2) is 36.4 Å². The maximum Gasteiger partial charge on any atom is 0.509 e. The first kappa shape index (κ1) is 44.5. The number of imide groups is 1. The number of alkyl halides is 3. The molecular weight excluding hydrogens is 749 g/mol. The summed E-state index contributed by atoms with van der Waals surface area (Å²) in [7, 11) is 0. The summed E-state index contributed by atoms with van der Waals surface area (Å²) in [6.07, 6.45) is -7.67. The van der Waals surface area contributed by atoms with Crippen LogP contribution in [0, 0.1) is 0 Å². The number of hydrogen-bond acceptors (Lipinski definition) is 11. The first-order chi connectivity index (χ1) is 26.1. The normalized spacial score (nSPS) is 12.8. The lowest BCUT2D eigenvalue weighted by Crippen LogP contribution is -2.44. The van der Waals surface area contributed by atoms with E-state index in [1.165, 1.54) is 12.1 Å². The molecular formula is C41H51F3N4O9. The zero-order valence-corrected chi connectivity index (χ0v) is 34.5. The van der Waals surface area contributed by atoms with Gasteiger partial charge in [-0.15, -0.1) is 0 Å². The van der Waals surface area contributed by atoms with Crippen molar-refractivity contribution >= 4 is 52.4 Å². The van der Waals surface area contributed by atoms with Crippen molar-refractivity contribution in [3.63, 3.8) is 0 Å². The van der Waals surface area contributed by atoms with Crippen molar-refractivity contribution in [1.82, 2.24) is 14.5 Å². The molecule has 0 unspecified atom stereocenters. The van der Waals surface area contributed by atoms with Gasteiger partial charge in [-0.2, -0.15) is 18.1 Å². The monoisotopic (exact) mass is 800 g/mol. The molecule has 0 radical (unpaired) electrons. The number of amides is 2. The number of benzene rings is 2. The summed E-state index contributed by atoms with van der Waals surface area (Å²) in [4.78, 5) is 62.6. The molecule has 0 N–H and O–H groups in total. The quantitative estimate of drug-likeness (QED) is 0.0857. The minimum Gasteiger partial charge on any atom is -0.443 e. The average molecular weight is 801 g/mol. The van der Waals surface area contributed by atoms with E-state index >= 15 is 0 Å². The van der Waals surface area contributed by atoms with E-state index in [0.717, 1.165) is 12.1 Å². The topological polar surface area (TPSA) is 148 Å². The fourth-order valence-corrected chi connectivity index (χ4v) is 5.81. The SMILES string of the molecule is CCOCc1nc2c(N(C(=O)OC(C)(C)C)C(=O)OC(C)(C)C)nc3cc(Cc4cc(C=O)ccc4C(F)(F)F)ccc3c2n1CC(C)(C)OC(=O)OC(C)(C)C. The molecule has 2 amide bonds. The highest BCUT2D eigenvalue weighted by Gasteiger charge is 2.38. The van der Waals surface area contributed by atoms with Crippen molar-refractivity contribution in [3.05, 3.63) is 64.5 Å². The zero-order chi connectivity index (χ0) is 42.9. The molecule has 0 bridgehead atoms. The summed E-state index contributed by atoms with van der Waals surface area (Å²) in [5.41, 5.74) is -4.34. The van der Waals surface area contributed by atoms with Crippen LogP contribution in [0.2, 0.25) is 0 Å². The van der Waals surface area contributed by atoms with E-state index in [2.05, 4.69) is 0 Å². The summed E-state index contributed by atoms with van der Waals surface area (Å²) < 4.78 is 72.4. The number of hydrogen-bond donors (Lipinski definition) is 0. The van der Waals surface area contributed by atoms with Crippen LogP contribution in [0.4, 0.5) is 33.4 Å². The fourth-order valence-electron chi connectivity index (χ4n) is 5.81. The van der Waals surface area contributed by atoms with Gasteiger partial charge < -0.3 is 28.3 Å². The largest absolute Gasteiger partial charge is 0.509 e. The minimum absolute atomic E-state index is 0.0439. The zero-order valence-electron chi connectivity index (χ0n) is 34.5. The van der Waals surface area contributed by atoms with Crippen LogP contribution in [0.1, 0.15) is 116 Å². The number of anilines is 1. The lowest BCUT2D eigenvalue weighted by atomic mass is 9.96. The number of carbonyl (C=O) groups excluding carboxylic acids is 4. The first-order valence-electron chi connectivity index (χ1n) is 18.3. The summed E-state index contributed by atoms with van der Waals surface area (Å²) >= 11 is 0. The van der Waals surface area contributed by atoms with E-state index in [4.69, 9.17) is 33.7 Å². The maximum absolute atomic E-state index is 14.1. The van der Waals surface area contributed by atoms with Gasteiger partial charge in [-0.25, -0.2) is 24.4 Å². The van der Waals surface area contributed by atoms with Crippen LogP contribution in [-0.2, 0) is 49.4 Å². The van der Waals surface area contributed by atoms with Gasteiger partial charge in [0.1, 0.15) is 46.6 Å².